The van der Waals surface area contributed by atoms with E-state index in [9.17, 15) is 0 Å². The maximum absolute atomic E-state index is 5.74. The lowest BCUT2D eigenvalue weighted by Crippen LogP contribution is -2.13. The predicted molar refractivity (Wildman–Crippen MR) is 85.7 cm³/mol. The minimum atomic E-state index is 0.666. The summed E-state index contributed by atoms with van der Waals surface area (Å²) in [6.45, 7) is 7.88. The lowest BCUT2D eigenvalue weighted by Gasteiger charge is -2.13. The molecule has 106 valence electrons. The second-order valence-corrected chi connectivity index (χ2v) is 5.04. The molecule has 0 aliphatic heterocycles. The summed E-state index contributed by atoms with van der Waals surface area (Å²) in [7, 11) is 0. The Morgan fingerprint density at radius 3 is 2.20 bits per heavy atom. The van der Waals surface area contributed by atoms with Gasteiger partial charge in [0, 0.05) is 12.2 Å². The quantitative estimate of drug-likeness (QED) is 0.787. The minimum absolute atomic E-state index is 0.666. The zero-order valence-electron chi connectivity index (χ0n) is 12.6. The van der Waals surface area contributed by atoms with Crippen molar-refractivity contribution in [2.45, 2.75) is 27.2 Å². The SMILES string of the molecule is CCc1ccc(OCCNc2c(C)cccc2C)cc1. The van der Waals surface area contributed by atoms with Gasteiger partial charge in [-0.25, -0.2) is 0 Å². The first-order valence-electron chi connectivity index (χ1n) is 7.22. The highest BCUT2D eigenvalue weighted by molar-refractivity contribution is 5.56. The Morgan fingerprint density at radius 2 is 1.60 bits per heavy atom. The Morgan fingerprint density at radius 1 is 0.950 bits per heavy atom. The molecule has 0 amide bonds. The minimum Gasteiger partial charge on any atom is -0.492 e. The van der Waals surface area contributed by atoms with Crippen LogP contribution in [0, 0.1) is 13.8 Å². The van der Waals surface area contributed by atoms with Gasteiger partial charge in [0.05, 0.1) is 0 Å². The zero-order chi connectivity index (χ0) is 14.4. The molecule has 20 heavy (non-hydrogen) atoms. The highest BCUT2D eigenvalue weighted by atomic mass is 16.5. The van der Waals surface area contributed by atoms with Crippen LogP contribution in [0.4, 0.5) is 5.69 Å². The van der Waals surface area contributed by atoms with E-state index in [4.69, 9.17) is 4.74 Å². The number of ether oxygens (including phenoxy) is 1. The van der Waals surface area contributed by atoms with Gasteiger partial charge in [0.2, 0.25) is 0 Å². The molecule has 2 nitrogen and oxygen atoms in total. The molecule has 0 unspecified atom stereocenters. The number of rotatable bonds is 6. The number of benzene rings is 2. The van der Waals surface area contributed by atoms with Gasteiger partial charge in [0.1, 0.15) is 12.4 Å². The molecule has 1 N–H and O–H groups in total. The maximum atomic E-state index is 5.74. The molecule has 2 heteroatoms. The van der Waals surface area contributed by atoms with Gasteiger partial charge < -0.3 is 10.1 Å². The van der Waals surface area contributed by atoms with E-state index in [1.165, 1.54) is 22.4 Å². The molecule has 0 aliphatic rings. The van der Waals surface area contributed by atoms with Crippen LogP contribution in [0.1, 0.15) is 23.6 Å². The number of hydrogen-bond acceptors (Lipinski definition) is 2. The molecule has 0 spiro atoms. The van der Waals surface area contributed by atoms with E-state index < -0.39 is 0 Å². The predicted octanol–water partition coefficient (Wildman–Crippen LogP) is 4.36. The first kappa shape index (κ1) is 14.4. The molecule has 2 aromatic rings. The van der Waals surface area contributed by atoms with Crippen molar-refractivity contribution in [3.8, 4) is 5.75 Å². The lowest BCUT2D eigenvalue weighted by atomic mass is 10.1. The molecular formula is C18H23NO. The number of nitrogens with one attached hydrogen (secondary N) is 1. The third kappa shape index (κ3) is 3.77. The van der Waals surface area contributed by atoms with Gasteiger partial charge in [-0.15, -0.1) is 0 Å². The third-order valence-electron chi connectivity index (χ3n) is 3.49. The summed E-state index contributed by atoms with van der Waals surface area (Å²) >= 11 is 0. The Labute approximate surface area is 121 Å². The zero-order valence-corrected chi connectivity index (χ0v) is 12.6. The van der Waals surface area contributed by atoms with Gasteiger partial charge in [0.25, 0.3) is 0 Å². The van der Waals surface area contributed by atoms with Crippen LogP contribution in [0.15, 0.2) is 42.5 Å². The van der Waals surface area contributed by atoms with Crippen LogP contribution in [0.5, 0.6) is 5.75 Å². The summed E-state index contributed by atoms with van der Waals surface area (Å²) in [5.74, 6) is 0.936. The van der Waals surface area contributed by atoms with Crippen LogP contribution in [0.3, 0.4) is 0 Å². The molecule has 0 saturated carbocycles. The second-order valence-electron chi connectivity index (χ2n) is 5.04. The molecule has 2 rings (SSSR count). The van der Waals surface area contributed by atoms with Crippen molar-refractivity contribution in [2.24, 2.45) is 0 Å². The monoisotopic (exact) mass is 269 g/mol. The van der Waals surface area contributed by atoms with Gasteiger partial charge in [-0.1, -0.05) is 37.3 Å². The molecule has 2 aromatic carbocycles. The summed E-state index contributed by atoms with van der Waals surface area (Å²) in [6.07, 6.45) is 1.06. The van der Waals surface area contributed by atoms with Crippen molar-refractivity contribution in [3.05, 3.63) is 59.2 Å². The second kappa shape index (κ2) is 6.99. The van der Waals surface area contributed by atoms with E-state index in [1.54, 1.807) is 0 Å². The molecule has 0 bridgehead atoms. The standard InChI is InChI=1S/C18H23NO/c1-4-16-8-10-17(11-9-16)20-13-12-19-18-14(2)6-5-7-15(18)3/h5-11,19H,4,12-13H2,1-3H3. The number of hydrogen-bond donors (Lipinski definition) is 1. The Balaban J connectivity index is 1.81. The lowest BCUT2D eigenvalue weighted by molar-refractivity contribution is 0.333. The van der Waals surface area contributed by atoms with Gasteiger partial charge >= 0.3 is 0 Å². The Hall–Kier alpha value is -1.96. The topological polar surface area (TPSA) is 21.3 Å². The van der Waals surface area contributed by atoms with Crippen molar-refractivity contribution in [1.82, 2.24) is 0 Å². The smallest absolute Gasteiger partial charge is 0.119 e. The molecule has 0 fully saturated rings. The van der Waals surface area contributed by atoms with Crippen LogP contribution in [0.2, 0.25) is 0 Å². The van der Waals surface area contributed by atoms with Crippen molar-refractivity contribution in [2.75, 3.05) is 18.5 Å². The number of para-hydroxylation sites is 1. The Kier molecular flexibility index (Phi) is 5.05. The van der Waals surface area contributed by atoms with Crippen molar-refractivity contribution in [1.29, 1.82) is 0 Å². The third-order valence-corrected chi connectivity index (χ3v) is 3.49. The average Bonchev–Trinajstić information content (AvgIpc) is 2.46. The van der Waals surface area contributed by atoms with Gasteiger partial charge in [-0.05, 0) is 49.1 Å². The van der Waals surface area contributed by atoms with Gasteiger partial charge in [-0.3, -0.25) is 0 Å². The van der Waals surface area contributed by atoms with Crippen LogP contribution >= 0.6 is 0 Å². The summed E-state index contributed by atoms with van der Waals surface area (Å²) in [5, 5.41) is 3.45. The van der Waals surface area contributed by atoms with Crippen molar-refractivity contribution in [3.63, 3.8) is 0 Å². The molecule has 0 radical (unpaired) electrons. The van der Waals surface area contributed by atoms with E-state index >= 15 is 0 Å². The van der Waals surface area contributed by atoms with E-state index in [0.717, 1.165) is 18.7 Å². The van der Waals surface area contributed by atoms with E-state index in [-0.39, 0.29) is 0 Å². The molecule has 0 aliphatic carbocycles. The molecule has 0 aromatic heterocycles. The van der Waals surface area contributed by atoms with Crippen LogP contribution in [0.25, 0.3) is 0 Å². The Bertz CT molecular complexity index is 526. The van der Waals surface area contributed by atoms with Crippen molar-refractivity contribution < 1.29 is 4.74 Å². The molecule has 0 saturated heterocycles. The fourth-order valence-electron chi connectivity index (χ4n) is 2.26. The average molecular weight is 269 g/mol. The summed E-state index contributed by atoms with van der Waals surface area (Å²) in [4.78, 5) is 0. The molecular weight excluding hydrogens is 246 g/mol. The highest BCUT2D eigenvalue weighted by Crippen LogP contribution is 2.19. The van der Waals surface area contributed by atoms with E-state index in [0.29, 0.717) is 6.61 Å². The summed E-state index contributed by atoms with van der Waals surface area (Å²) in [6, 6.07) is 14.7. The van der Waals surface area contributed by atoms with Gasteiger partial charge in [0.15, 0.2) is 0 Å². The molecule has 0 atom stereocenters. The maximum Gasteiger partial charge on any atom is 0.119 e. The molecule has 0 heterocycles. The summed E-state index contributed by atoms with van der Waals surface area (Å²) < 4.78 is 5.74. The van der Waals surface area contributed by atoms with E-state index in [1.807, 2.05) is 12.1 Å². The number of aryl methyl sites for hydroxylation is 3. The van der Waals surface area contributed by atoms with Crippen LogP contribution < -0.4 is 10.1 Å². The van der Waals surface area contributed by atoms with E-state index in [2.05, 4.69) is 56.4 Å². The fourth-order valence-corrected chi connectivity index (χ4v) is 2.26. The largest absolute Gasteiger partial charge is 0.492 e. The summed E-state index contributed by atoms with van der Waals surface area (Å²) in [5.41, 5.74) is 5.11. The first-order chi connectivity index (χ1) is 9.70. The van der Waals surface area contributed by atoms with Crippen LogP contribution in [-0.2, 0) is 6.42 Å². The van der Waals surface area contributed by atoms with Crippen LogP contribution in [-0.4, -0.2) is 13.2 Å². The fraction of sp³-hybridized carbons (Fsp3) is 0.333. The van der Waals surface area contributed by atoms with Gasteiger partial charge in [-0.2, -0.15) is 0 Å². The van der Waals surface area contributed by atoms with Crippen molar-refractivity contribution >= 4 is 5.69 Å². The first-order valence-corrected chi connectivity index (χ1v) is 7.22. The number of anilines is 1. The highest BCUT2D eigenvalue weighted by Gasteiger charge is 2.01. The normalized spacial score (nSPS) is 10.3.